The molecule has 0 atom stereocenters. The van der Waals surface area contributed by atoms with Gasteiger partial charge in [0.25, 0.3) is 5.91 Å². The predicted molar refractivity (Wildman–Crippen MR) is 96.2 cm³/mol. The summed E-state index contributed by atoms with van der Waals surface area (Å²) in [6.07, 6.45) is 1.73. The number of ether oxygens (including phenoxy) is 3. The third-order valence-corrected chi connectivity index (χ3v) is 4.83. The quantitative estimate of drug-likeness (QED) is 0.450. The number of thioether (sulfide) groups is 1. The van der Waals surface area contributed by atoms with E-state index in [1.54, 1.807) is 26.4 Å². The van der Waals surface area contributed by atoms with Gasteiger partial charge < -0.3 is 14.2 Å². The summed E-state index contributed by atoms with van der Waals surface area (Å²) < 4.78 is 15.5. The Morgan fingerprint density at radius 1 is 1.25 bits per heavy atom. The van der Waals surface area contributed by atoms with Gasteiger partial charge in [-0.3, -0.25) is 14.5 Å². The van der Waals surface area contributed by atoms with Crippen LogP contribution in [0.3, 0.4) is 0 Å². The van der Waals surface area contributed by atoms with Crippen LogP contribution in [0.15, 0.2) is 17.0 Å². The predicted octanol–water partition coefficient (Wildman–Crippen LogP) is 2.39. The lowest BCUT2D eigenvalue weighted by molar-refractivity contribution is -0.143. The van der Waals surface area contributed by atoms with Crippen molar-refractivity contribution in [2.75, 3.05) is 27.9 Å². The van der Waals surface area contributed by atoms with E-state index in [1.165, 1.54) is 12.0 Å². The number of methoxy groups -OCH3 is 3. The molecule has 1 heterocycles. The summed E-state index contributed by atoms with van der Waals surface area (Å²) in [5.41, 5.74) is 1.73. The minimum atomic E-state index is -0.519. The van der Waals surface area contributed by atoms with Gasteiger partial charge in [0.1, 0.15) is 10.9 Å². The Labute approximate surface area is 149 Å². The van der Waals surface area contributed by atoms with Crippen molar-refractivity contribution in [3.63, 3.8) is 0 Å². The van der Waals surface area contributed by atoms with Crippen LogP contribution in [0.25, 0.3) is 6.08 Å². The molecule has 6 nitrogen and oxygen atoms in total. The first-order valence-electron chi connectivity index (χ1n) is 6.96. The largest absolute Gasteiger partial charge is 0.493 e. The van der Waals surface area contributed by atoms with E-state index < -0.39 is 5.97 Å². The lowest BCUT2D eigenvalue weighted by atomic mass is 10.1. The van der Waals surface area contributed by atoms with Crippen LogP contribution in [-0.2, 0) is 14.3 Å². The van der Waals surface area contributed by atoms with Crippen LogP contribution in [0.5, 0.6) is 11.5 Å². The van der Waals surface area contributed by atoms with Crippen molar-refractivity contribution in [3.05, 3.63) is 28.2 Å². The molecule has 1 aromatic carbocycles. The van der Waals surface area contributed by atoms with E-state index in [0.29, 0.717) is 20.7 Å². The van der Waals surface area contributed by atoms with Crippen LogP contribution in [0, 0.1) is 6.92 Å². The number of hydrogen-bond acceptors (Lipinski definition) is 7. The number of rotatable bonds is 5. The molecule has 0 radical (unpaired) electrons. The Hall–Kier alpha value is -2.06. The molecule has 0 unspecified atom stereocenters. The van der Waals surface area contributed by atoms with Crippen molar-refractivity contribution in [1.29, 1.82) is 0 Å². The minimum Gasteiger partial charge on any atom is -0.493 e. The summed E-state index contributed by atoms with van der Waals surface area (Å²) in [4.78, 5) is 25.5. The number of esters is 1. The number of benzene rings is 1. The van der Waals surface area contributed by atoms with Gasteiger partial charge in [-0.25, -0.2) is 0 Å². The molecule has 2 rings (SSSR count). The van der Waals surface area contributed by atoms with Crippen molar-refractivity contribution in [1.82, 2.24) is 4.90 Å². The maximum Gasteiger partial charge on any atom is 0.325 e. The average molecular weight is 367 g/mol. The Morgan fingerprint density at radius 3 is 2.46 bits per heavy atom. The van der Waals surface area contributed by atoms with Crippen LogP contribution >= 0.6 is 24.0 Å². The van der Waals surface area contributed by atoms with Crippen LogP contribution in [-0.4, -0.2) is 49.0 Å². The lowest BCUT2D eigenvalue weighted by Gasteiger charge is -2.12. The van der Waals surface area contributed by atoms with Crippen molar-refractivity contribution >= 4 is 46.3 Å². The highest BCUT2D eigenvalue weighted by Gasteiger charge is 2.33. The van der Waals surface area contributed by atoms with Gasteiger partial charge in [-0.1, -0.05) is 24.0 Å². The minimum absolute atomic E-state index is 0.191. The number of nitrogens with zero attached hydrogens (tertiary/aromatic N) is 1. The van der Waals surface area contributed by atoms with Gasteiger partial charge >= 0.3 is 5.97 Å². The Balaban J connectivity index is 2.34. The van der Waals surface area contributed by atoms with Crippen LogP contribution in [0.2, 0.25) is 0 Å². The first-order valence-corrected chi connectivity index (χ1v) is 8.18. The van der Waals surface area contributed by atoms with Crippen molar-refractivity contribution in [2.24, 2.45) is 0 Å². The summed E-state index contributed by atoms with van der Waals surface area (Å²) in [6.45, 7) is 1.71. The van der Waals surface area contributed by atoms with E-state index in [9.17, 15) is 9.59 Å². The van der Waals surface area contributed by atoms with E-state index in [1.807, 2.05) is 13.0 Å². The summed E-state index contributed by atoms with van der Waals surface area (Å²) in [6, 6.07) is 3.63. The first kappa shape index (κ1) is 18.3. The number of thiocarbonyl (C=S) groups is 1. The smallest absolute Gasteiger partial charge is 0.325 e. The monoisotopic (exact) mass is 367 g/mol. The molecule has 0 aliphatic carbocycles. The summed E-state index contributed by atoms with van der Waals surface area (Å²) in [5, 5.41) is 0. The Bertz CT molecular complexity index is 729. The van der Waals surface area contributed by atoms with Gasteiger partial charge in [0.15, 0.2) is 11.5 Å². The zero-order chi connectivity index (χ0) is 17.9. The SMILES string of the molecule is COC(=O)CN1C(=O)/C(=C/c2cc(OC)c(OC)cc2C)SC1=S. The van der Waals surface area contributed by atoms with Crippen LogP contribution < -0.4 is 9.47 Å². The number of carbonyl (C=O) groups is 2. The van der Waals surface area contributed by atoms with Crippen LogP contribution in [0.4, 0.5) is 0 Å². The molecule has 1 amide bonds. The second-order valence-electron chi connectivity index (χ2n) is 4.91. The van der Waals surface area contributed by atoms with E-state index in [4.69, 9.17) is 21.7 Å². The van der Waals surface area contributed by atoms with Gasteiger partial charge in [0, 0.05) is 0 Å². The third kappa shape index (κ3) is 3.70. The fourth-order valence-corrected chi connectivity index (χ4v) is 3.37. The maximum atomic E-state index is 12.4. The second kappa shape index (κ2) is 7.67. The molecule has 1 aromatic rings. The maximum absolute atomic E-state index is 12.4. The van der Waals surface area contributed by atoms with Gasteiger partial charge in [-0.05, 0) is 36.3 Å². The molecule has 8 heteroatoms. The van der Waals surface area contributed by atoms with E-state index in [2.05, 4.69) is 4.74 Å². The standard InChI is InChI=1S/C16H17NO5S2/c1-9-5-11(20-2)12(21-3)6-10(9)7-13-15(19)17(16(23)24-13)8-14(18)22-4/h5-7H,8H2,1-4H3/b13-7-. The summed E-state index contributed by atoms with van der Waals surface area (Å²) >= 11 is 6.32. The Morgan fingerprint density at radius 2 is 1.88 bits per heavy atom. The molecule has 1 aliphatic heterocycles. The topological polar surface area (TPSA) is 65.1 Å². The molecule has 1 saturated heterocycles. The van der Waals surface area contributed by atoms with E-state index >= 15 is 0 Å². The molecule has 0 N–H and O–H groups in total. The molecule has 1 fully saturated rings. The highest BCUT2D eigenvalue weighted by atomic mass is 32.2. The first-order chi connectivity index (χ1) is 11.4. The lowest BCUT2D eigenvalue weighted by Crippen LogP contribution is -2.33. The molecule has 0 saturated carbocycles. The number of hydrogen-bond donors (Lipinski definition) is 0. The molecule has 1 aliphatic rings. The van der Waals surface area contributed by atoms with Crippen molar-refractivity contribution in [2.45, 2.75) is 6.92 Å². The van der Waals surface area contributed by atoms with Crippen LogP contribution in [0.1, 0.15) is 11.1 Å². The molecule has 0 spiro atoms. The van der Waals surface area contributed by atoms with Gasteiger partial charge in [0.2, 0.25) is 0 Å². The van der Waals surface area contributed by atoms with E-state index in [-0.39, 0.29) is 12.5 Å². The number of amides is 1. The molecule has 0 aromatic heterocycles. The van der Waals surface area contributed by atoms with Gasteiger partial charge in [0.05, 0.1) is 26.2 Å². The number of carbonyl (C=O) groups excluding carboxylic acids is 2. The summed E-state index contributed by atoms with van der Waals surface area (Å²) in [5.74, 6) is 0.351. The Kier molecular flexibility index (Phi) is 5.84. The van der Waals surface area contributed by atoms with E-state index in [0.717, 1.165) is 22.9 Å². The second-order valence-corrected chi connectivity index (χ2v) is 6.58. The third-order valence-electron chi connectivity index (χ3n) is 3.45. The molecule has 128 valence electrons. The molecular formula is C16H17NO5S2. The normalized spacial score (nSPS) is 15.8. The molecular weight excluding hydrogens is 350 g/mol. The highest BCUT2D eigenvalue weighted by Crippen LogP contribution is 2.36. The van der Waals surface area contributed by atoms with Gasteiger partial charge in [-0.2, -0.15) is 0 Å². The zero-order valence-electron chi connectivity index (χ0n) is 13.7. The van der Waals surface area contributed by atoms with Crippen molar-refractivity contribution < 1.29 is 23.8 Å². The number of aryl methyl sites for hydroxylation is 1. The summed E-state index contributed by atoms with van der Waals surface area (Å²) in [7, 11) is 4.38. The highest BCUT2D eigenvalue weighted by molar-refractivity contribution is 8.26. The molecule has 24 heavy (non-hydrogen) atoms. The van der Waals surface area contributed by atoms with Crippen molar-refractivity contribution in [3.8, 4) is 11.5 Å². The molecule has 0 bridgehead atoms. The fourth-order valence-electron chi connectivity index (χ4n) is 2.12. The average Bonchev–Trinajstić information content (AvgIpc) is 2.83. The van der Waals surface area contributed by atoms with Gasteiger partial charge in [-0.15, -0.1) is 0 Å². The zero-order valence-corrected chi connectivity index (χ0v) is 15.4. The fraction of sp³-hybridized carbons (Fsp3) is 0.312.